The number of nitrogens with zero attached hydrogens (tertiary/aromatic N) is 3. The second-order valence-corrected chi connectivity index (χ2v) is 8.86. The molecule has 1 aliphatic rings. The summed E-state index contributed by atoms with van der Waals surface area (Å²) in [4.78, 5) is 16.2. The maximum absolute atomic E-state index is 11.9. The average Bonchev–Trinajstić information content (AvgIpc) is 3.23. The van der Waals surface area contributed by atoms with Crippen LogP contribution in [0.25, 0.3) is 0 Å². The first-order valence-electron chi connectivity index (χ1n) is 8.14. The van der Waals surface area contributed by atoms with E-state index in [1.807, 2.05) is 0 Å². The van der Waals surface area contributed by atoms with E-state index in [2.05, 4.69) is 31.4 Å². The van der Waals surface area contributed by atoms with Gasteiger partial charge in [0.1, 0.15) is 0 Å². The van der Waals surface area contributed by atoms with E-state index in [-0.39, 0.29) is 17.6 Å². The van der Waals surface area contributed by atoms with Crippen molar-refractivity contribution in [3.63, 3.8) is 0 Å². The first kappa shape index (κ1) is 19.1. The number of hydrogen-bond donors (Lipinski definition) is 1. The zero-order valence-corrected chi connectivity index (χ0v) is 16.5. The summed E-state index contributed by atoms with van der Waals surface area (Å²) in [5.41, 5.74) is 0. The van der Waals surface area contributed by atoms with E-state index in [1.54, 1.807) is 12.1 Å². The van der Waals surface area contributed by atoms with E-state index in [4.69, 9.17) is 8.94 Å². The van der Waals surface area contributed by atoms with Gasteiger partial charge in [-0.1, -0.05) is 5.16 Å². The molecule has 1 saturated heterocycles. The number of carbonyl (C=O) groups excluding carboxylic acids is 1. The maximum Gasteiger partial charge on any atom is 0.287 e. The van der Waals surface area contributed by atoms with Crippen LogP contribution in [0.5, 0.6) is 0 Å². The van der Waals surface area contributed by atoms with Crippen molar-refractivity contribution in [2.24, 2.45) is 0 Å². The highest BCUT2D eigenvalue weighted by Gasteiger charge is 2.28. The number of amides is 1. The average molecular weight is 447 g/mol. The Bertz CT molecular complexity index is 870. The van der Waals surface area contributed by atoms with Gasteiger partial charge in [0.15, 0.2) is 16.3 Å². The van der Waals surface area contributed by atoms with Crippen molar-refractivity contribution in [3.05, 3.63) is 34.3 Å². The van der Waals surface area contributed by atoms with Crippen LogP contribution in [0, 0.1) is 0 Å². The summed E-state index contributed by atoms with van der Waals surface area (Å²) in [5.74, 6) is 1.02. The summed E-state index contributed by atoms with van der Waals surface area (Å²) >= 11 is 3.14. The fraction of sp³-hybridized carbons (Fsp3) is 0.533. The molecule has 26 heavy (non-hydrogen) atoms. The van der Waals surface area contributed by atoms with E-state index in [0.29, 0.717) is 55.3 Å². The molecule has 1 fully saturated rings. The maximum atomic E-state index is 11.9. The molecule has 2 aromatic heterocycles. The Labute approximate surface area is 159 Å². The highest BCUT2D eigenvalue weighted by atomic mass is 79.9. The lowest BCUT2D eigenvalue weighted by Gasteiger charge is -2.28. The van der Waals surface area contributed by atoms with Crippen molar-refractivity contribution in [1.82, 2.24) is 19.8 Å². The molecule has 1 amide bonds. The standard InChI is InChI=1S/C15H19BrN4O5S/c1-26(22,23)20-8-5-10(6-9-20)14-18-13(25-19-14)4-7-17-15(21)11-2-3-12(16)24-11/h2-3,10H,4-9H2,1H3,(H,17,21). The first-order valence-corrected chi connectivity index (χ1v) is 10.8. The topological polar surface area (TPSA) is 119 Å². The van der Waals surface area contributed by atoms with Crippen molar-refractivity contribution in [1.29, 1.82) is 0 Å². The lowest BCUT2D eigenvalue weighted by Crippen LogP contribution is -2.37. The Hall–Kier alpha value is -1.72. The summed E-state index contributed by atoms with van der Waals surface area (Å²) in [6.45, 7) is 1.26. The monoisotopic (exact) mass is 446 g/mol. The third-order valence-corrected chi connectivity index (χ3v) is 5.92. The molecule has 0 unspecified atom stereocenters. The first-order chi connectivity index (χ1) is 12.3. The largest absolute Gasteiger partial charge is 0.444 e. The van der Waals surface area contributed by atoms with Crippen LogP contribution >= 0.6 is 15.9 Å². The lowest BCUT2D eigenvalue weighted by molar-refractivity contribution is 0.0924. The molecule has 0 atom stereocenters. The molecule has 0 aromatic carbocycles. The molecule has 0 radical (unpaired) electrons. The van der Waals surface area contributed by atoms with E-state index < -0.39 is 10.0 Å². The Morgan fingerprint density at radius 2 is 2.12 bits per heavy atom. The zero-order valence-electron chi connectivity index (χ0n) is 14.1. The number of halogens is 1. The molecule has 0 saturated carbocycles. The molecule has 3 rings (SSSR count). The minimum atomic E-state index is -3.15. The smallest absolute Gasteiger partial charge is 0.287 e. The number of nitrogens with one attached hydrogen (secondary N) is 1. The van der Waals surface area contributed by atoms with Gasteiger partial charge in [-0.3, -0.25) is 4.79 Å². The molecule has 9 nitrogen and oxygen atoms in total. The van der Waals surface area contributed by atoms with E-state index in [1.165, 1.54) is 10.6 Å². The van der Waals surface area contributed by atoms with E-state index in [0.717, 1.165) is 0 Å². The summed E-state index contributed by atoms with van der Waals surface area (Å²) in [6, 6.07) is 3.22. The van der Waals surface area contributed by atoms with Crippen molar-refractivity contribution >= 4 is 31.9 Å². The fourth-order valence-electron chi connectivity index (χ4n) is 2.79. The van der Waals surface area contributed by atoms with Gasteiger partial charge in [0.05, 0.1) is 6.26 Å². The molecule has 2 aromatic rings. The van der Waals surface area contributed by atoms with Gasteiger partial charge in [-0.25, -0.2) is 12.7 Å². The normalized spacial score (nSPS) is 16.7. The number of carbonyl (C=O) groups is 1. The molecule has 11 heteroatoms. The van der Waals surface area contributed by atoms with Crippen molar-refractivity contribution in [2.45, 2.75) is 25.2 Å². The highest BCUT2D eigenvalue weighted by molar-refractivity contribution is 9.10. The molecule has 3 heterocycles. The predicted octanol–water partition coefficient (Wildman–Crippen LogP) is 1.54. The molecule has 0 bridgehead atoms. The van der Waals surface area contributed by atoms with Gasteiger partial charge in [-0.2, -0.15) is 4.98 Å². The second-order valence-electron chi connectivity index (χ2n) is 6.09. The second kappa shape index (κ2) is 7.89. The van der Waals surface area contributed by atoms with Crippen LogP contribution in [0.4, 0.5) is 0 Å². The minimum absolute atomic E-state index is 0.0839. The highest BCUT2D eigenvalue weighted by Crippen LogP contribution is 2.27. The molecule has 1 N–H and O–H groups in total. The van der Waals surface area contributed by atoms with Crippen molar-refractivity contribution < 1.29 is 22.2 Å². The van der Waals surface area contributed by atoms with Gasteiger partial charge >= 0.3 is 0 Å². The Morgan fingerprint density at radius 3 is 2.73 bits per heavy atom. The fourth-order valence-corrected chi connectivity index (χ4v) is 3.97. The Balaban J connectivity index is 1.47. The van der Waals surface area contributed by atoms with Gasteiger partial charge in [-0.05, 0) is 40.9 Å². The number of furan rings is 1. The minimum Gasteiger partial charge on any atom is -0.444 e. The molecule has 0 spiro atoms. The molecule has 142 valence electrons. The van der Waals surface area contributed by atoms with Crippen LogP contribution in [-0.2, 0) is 16.4 Å². The van der Waals surface area contributed by atoms with Crippen LogP contribution < -0.4 is 5.32 Å². The van der Waals surface area contributed by atoms with Gasteiger partial charge < -0.3 is 14.3 Å². The van der Waals surface area contributed by atoms with Gasteiger partial charge in [0.2, 0.25) is 15.9 Å². The van der Waals surface area contributed by atoms with Crippen LogP contribution in [0.1, 0.15) is 41.0 Å². The number of aromatic nitrogens is 2. The van der Waals surface area contributed by atoms with E-state index >= 15 is 0 Å². The molecule has 0 aliphatic carbocycles. The Morgan fingerprint density at radius 1 is 1.38 bits per heavy atom. The lowest BCUT2D eigenvalue weighted by atomic mass is 9.97. The Kier molecular flexibility index (Phi) is 5.78. The number of rotatable bonds is 6. The third-order valence-electron chi connectivity index (χ3n) is 4.19. The van der Waals surface area contributed by atoms with Crippen molar-refractivity contribution in [2.75, 3.05) is 25.9 Å². The molecular weight excluding hydrogens is 428 g/mol. The van der Waals surface area contributed by atoms with Crippen LogP contribution in [-0.4, -0.2) is 54.7 Å². The van der Waals surface area contributed by atoms with Gasteiger partial charge in [0.25, 0.3) is 5.91 Å². The molecular formula is C15H19BrN4O5S. The van der Waals surface area contributed by atoms with Crippen LogP contribution in [0.3, 0.4) is 0 Å². The number of sulfonamides is 1. The zero-order chi connectivity index (χ0) is 18.7. The number of hydrogen-bond acceptors (Lipinski definition) is 7. The van der Waals surface area contributed by atoms with Crippen LogP contribution in [0.2, 0.25) is 0 Å². The van der Waals surface area contributed by atoms with Gasteiger partial charge in [0, 0.05) is 32.0 Å². The third kappa shape index (κ3) is 4.71. The number of piperidine rings is 1. The summed E-state index contributed by atoms with van der Waals surface area (Å²) < 4.78 is 35.4. The SMILES string of the molecule is CS(=O)(=O)N1CCC(c2noc(CCNC(=O)c3ccc(Br)o3)n2)CC1. The van der Waals surface area contributed by atoms with E-state index in [9.17, 15) is 13.2 Å². The predicted molar refractivity (Wildman–Crippen MR) is 95.1 cm³/mol. The van der Waals surface area contributed by atoms with Crippen LogP contribution in [0.15, 0.2) is 25.7 Å². The summed E-state index contributed by atoms with van der Waals surface area (Å²) in [7, 11) is -3.15. The molecule has 1 aliphatic heterocycles. The van der Waals surface area contributed by atoms with Crippen molar-refractivity contribution in [3.8, 4) is 0 Å². The summed E-state index contributed by atoms with van der Waals surface area (Å²) in [5, 5.41) is 6.71. The summed E-state index contributed by atoms with van der Waals surface area (Å²) in [6.07, 6.45) is 2.95. The van der Waals surface area contributed by atoms with Gasteiger partial charge in [-0.15, -0.1) is 0 Å². The quantitative estimate of drug-likeness (QED) is 0.714.